The van der Waals surface area contributed by atoms with Gasteiger partial charge in [0.05, 0.1) is 38.5 Å². The van der Waals surface area contributed by atoms with E-state index in [1.807, 2.05) is 39.0 Å². The van der Waals surface area contributed by atoms with Gasteiger partial charge in [0.25, 0.3) is 5.91 Å². The number of carbonyl (C=O) groups is 1. The summed E-state index contributed by atoms with van der Waals surface area (Å²) in [5.41, 5.74) is 1.24. The van der Waals surface area contributed by atoms with Crippen LogP contribution in [0.25, 0.3) is 0 Å². The number of ether oxygens (including phenoxy) is 5. The monoisotopic (exact) mass is 465 g/mol. The van der Waals surface area contributed by atoms with Crippen LogP contribution >= 0.6 is 11.6 Å². The summed E-state index contributed by atoms with van der Waals surface area (Å²) in [6.07, 6.45) is 0. The highest BCUT2D eigenvalue weighted by Crippen LogP contribution is 2.37. The second-order valence-electron chi connectivity index (χ2n) is 7.64. The molecule has 32 heavy (non-hydrogen) atoms. The Labute approximate surface area is 194 Å². The van der Waals surface area contributed by atoms with Gasteiger partial charge in [-0.15, -0.1) is 0 Å². The Balaban J connectivity index is 2.15. The summed E-state index contributed by atoms with van der Waals surface area (Å²) >= 11 is 6.38. The van der Waals surface area contributed by atoms with Crippen molar-refractivity contribution in [2.75, 3.05) is 41.2 Å². The fourth-order valence-electron chi connectivity index (χ4n) is 2.91. The zero-order valence-corrected chi connectivity index (χ0v) is 20.2. The maximum atomic E-state index is 12.9. The number of rotatable bonds is 12. The lowest BCUT2D eigenvalue weighted by atomic mass is 10.1. The molecule has 2 rings (SSSR count). The second-order valence-corrected chi connectivity index (χ2v) is 8.05. The summed E-state index contributed by atoms with van der Waals surface area (Å²) in [5.74, 6) is 2.08. The molecule has 0 fully saturated rings. The van der Waals surface area contributed by atoms with E-state index in [0.717, 1.165) is 5.56 Å². The minimum absolute atomic E-state index is 0.285. The van der Waals surface area contributed by atoms with E-state index < -0.39 is 0 Å². The van der Waals surface area contributed by atoms with E-state index in [9.17, 15) is 4.79 Å². The predicted octanol–water partition coefficient (Wildman–Crippen LogP) is 4.91. The van der Waals surface area contributed by atoms with Crippen LogP contribution in [0.15, 0.2) is 30.3 Å². The first-order valence-electron chi connectivity index (χ1n) is 10.4. The van der Waals surface area contributed by atoms with Crippen molar-refractivity contribution in [3.63, 3.8) is 0 Å². The molecule has 0 radical (unpaired) electrons. The molecule has 0 aromatic heterocycles. The summed E-state index contributed by atoms with van der Waals surface area (Å²) < 4.78 is 27.2. The largest absolute Gasteiger partial charge is 0.493 e. The fourth-order valence-corrected chi connectivity index (χ4v) is 3.18. The van der Waals surface area contributed by atoms with E-state index in [1.165, 1.54) is 7.11 Å². The zero-order chi connectivity index (χ0) is 23.7. The molecule has 0 aliphatic rings. The van der Waals surface area contributed by atoms with Crippen molar-refractivity contribution in [2.45, 2.75) is 26.8 Å². The van der Waals surface area contributed by atoms with Gasteiger partial charge in [-0.1, -0.05) is 31.5 Å². The van der Waals surface area contributed by atoms with Crippen LogP contribution in [-0.4, -0.2) is 47.1 Å². The van der Waals surface area contributed by atoms with Crippen molar-refractivity contribution >= 4 is 17.5 Å². The highest BCUT2D eigenvalue weighted by atomic mass is 35.5. The molecule has 176 valence electrons. The van der Waals surface area contributed by atoms with Gasteiger partial charge in [-0.2, -0.15) is 0 Å². The number of benzene rings is 2. The summed E-state index contributed by atoms with van der Waals surface area (Å²) in [6, 6.07) is 8.44. The van der Waals surface area contributed by atoms with E-state index in [4.69, 9.17) is 35.3 Å². The molecule has 7 nitrogen and oxygen atoms in total. The summed E-state index contributed by atoms with van der Waals surface area (Å²) in [6.45, 7) is 7.35. The number of methoxy groups -OCH3 is 3. The lowest BCUT2D eigenvalue weighted by molar-refractivity contribution is 0.0939. The summed E-state index contributed by atoms with van der Waals surface area (Å²) in [5, 5.41) is 3.29. The Kier molecular flexibility index (Phi) is 9.94. The molecule has 1 unspecified atom stereocenters. The number of nitrogens with one attached hydrogen (secondary N) is 1. The molecule has 1 amide bonds. The van der Waals surface area contributed by atoms with E-state index in [-0.39, 0.29) is 11.9 Å². The molecule has 0 aliphatic carbocycles. The molecule has 0 aliphatic heterocycles. The van der Waals surface area contributed by atoms with E-state index in [1.54, 1.807) is 26.4 Å². The van der Waals surface area contributed by atoms with Crippen LogP contribution in [0.4, 0.5) is 0 Å². The van der Waals surface area contributed by atoms with Gasteiger partial charge in [-0.3, -0.25) is 4.79 Å². The minimum atomic E-state index is -0.286. The quantitative estimate of drug-likeness (QED) is 0.449. The van der Waals surface area contributed by atoms with E-state index >= 15 is 0 Å². The molecule has 0 bridgehead atoms. The van der Waals surface area contributed by atoms with Gasteiger partial charge in [0.2, 0.25) is 0 Å². The Bertz CT molecular complexity index is 902. The molecule has 8 heteroatoms. The smallest absolute Gasteiger partial charge is 0.251 e. The number of carbonyl (C=O) groups excluding carboxylic acids is 1. The van der Waals surface area contributed by atoms with Gasteiger partial charge < -0.3 is 29.0 Å². The van der Waals surface area contributed by atoms with Gasteiger partial charge in [0.1, 0.15) is 6.61 Å². The number of amides is 1. The molecule has 1 atom stereocenters. The van der Waals surface area contributed by atoms with E-state index in [0.29, 0.717) is 59.3 Å². The number of hydrogen-bond acceptors (Lipinski definition) is 6. The highest BCUT2D eigenvalue weighted by Gasteiger charge is 2.19. The van der Waals surface area contributed by atoms with Gasteiger partial charge in [-0.25, -0.2) is 0 Å². The van der Waals surface area contributed by atoms with Crippen LogP contribution in [0, 0.1) is 5.92 Å². The van der Waals surface area contributed by atoms with Gasteiger partial charge in [-0.05, 0) is 42.7 Å². The van der Waals surface area contributed by atoms with Crippen molar-refractivity contribution < 1.29 is 28.5 Å². The third kappa shape index (κ3) is 6.93. The summed E-state index contributed by atoms with van der Waals surface area (Å²) in [4.78, 5) is 12.9. The average Bonchev–Trinajstić information content (AvgIpc) is 2.77. The first kappa shape index (κ1) is 25.6. The molecule has 2 aromatic rings. The Hall–Kier alpha value is -2.64. The zero-order valence-electron chi connectivity index (χ0n) is 19.5. The average molecular weight is 466 g/mol. The number of hydrogen-bond donors (Lipinski definition) is 1. The SMILES string of the molecule is COCCOc1ccc(C(C)NC(=O)c2cc(Cl)c(OCC(C)C)c(OC)c2)cc1OC. The molecule has 0 saturated heterocycles. The van der Waals surface area contributed by atoms with E-state index in [2.05, 4.69) is 5.32 Å². The lowest BCUT2D eigenvalue weighted by Gasteiger charge is -2.18. The Morgan fingerprint density at radius 3 is 2.28 bits per heavy atom. The molecular weight excluding hydrogens is 434 g/mol. The Morgan fingerprint density at radius 1 is 0.938 bits per heavy atom. The number of halogens is 1. The van der Waals surface area contributed by atoms with Crippen LogP contribution in [0.2, 0.25) is 5.02 Å². The predicted molar refractivity (Wildman–Crippen MR) is 125 cm³/mol. The van der Waals surface area contributed by atoms with Crippen molar-refractivity contribution in [2.24, 2.45) is 5.92 Å². The van der Waals surface area contributed by atoms with Crippen molar-refractivity contribution in [3.8, 4) is 23.0 Å². The standard InChI is InChI=1S/C24H32ClNO6/c1-15(2)14-32-23-19(25)11-18(13-22(23)30-6)24(27)26-16(3)17-7-8-20(21(12-17)29-5)31-10-9-28-4/h7-8,11-13,15-16H,9-10,14H2,1-6H3,(H,26,27). The molecular formula is C24H32ClNO6. The topological polar surface area (TPSA) is 75.3 Å². The van der Waals surface area contributed by atoms with Crippen molar-refractivity contribution in [3.05, 3.63) is 46.5 Å². The molecule has 0 saturated carbocycles. The van der Waals surface area contributed by atoms with Crippen LogP contribution < -0.4 is 24.3 Å². The van der Waals surface area contributed by atoms with Crippen molar-refractivity contribution in [1.82, 2.24) is 5.32 Å². The highest BCUT2D eigenvalue weighted by molar-refractivity contribution is 6.32. The van der Waals surface area contributed by atoms with Gasteiger partial charge in [0.15, 0.2) is 23.0 Å². The molecule has 2 aromatic carbocycles. The third-order valence-electron chi connectivity index (χ3n) is 4.63. The fraction of sp³-hybridized carbons (Fsp3) is 0.458. The Morgan fingerprint density at radius 2 is 1.66 bits per heavy atom. The van der Waals surface area contributed by atoms with Crippen LogP contribution in [0.1, 0.15) is 42.7 Å². The second kappa shape index (κ2) is 12.4. The van der Waals surface area contributed by atoms with Crippen LogP contribution in [0.5, 0.6) is 23.0 Å². The van der Waals surface area contributed by atoms with Gasteiger partial charge >= 0.3 is 0 Å². The summed E-state index contributed by atoms with van der Waals surface area (Å²) in [7, 11) is 4.70. The van der Waals surface area contributed by atoms with Crippen LogP contribution in [-0.2, 0) is 4.74 Å². The van der Waals surface area contributed by atoms with Gasteiger partial charge in [0, 0.05) is 12.7 Å². The minimum Gasteiger partial charge on any atom is -0.493 e. The lowest BCUT2D eigenvalue weighted by Crippen LogP contribution is -2.26. The molecule has 0 spiro atoms. The normalized spacial score (nSPS) is 11.8. The maximum absolute atomic E-state index is 12.9. The van der Waals surface area contributed by atoms with Crippen molar-refractivity contribution in [1.29, 1.82) is 0 Å². The molecule has 0 heterocycles. The first-order valence-corrected chi connectivity index (χ1v) is 10.8. The molecule has 1 N–H and O–H groups in total. The first-order chi connectivity index (χ1) is 15.3. The third-order valence-corrected chi connectivity index (χ3v) is 4.91. The maximum Gasteiger partial charge on any atom is 0.251 e. The van der Waals surface area contributed by atoms with Crippen LogP contribution in [0.3, 0.4) is 0 Å².